The van der Waals surface area contributed by atoms with Gasteiger partial charge in [0, 0.05) is 0 Å². The Kier molecular flexibility index (Phi) is 9.31. The summed E-state index contributed by atoms with van der Waals surface area (Å²) in [7, 11) is 0. The fourth-order valence-electron chi connectivity index (χ4n) is 1.64. The van der Waals surface area contributed by atoms with Gasteiger partial charge in [0.1, 0.15) is 18.1 Å². The fraction of sp³-hybridized carbons (Fsp3) is 0.769. The topological polar surface area (TPSA) is 168 Å². The van der Waals surface area contributed by atoms with E-state index in [1.807, 2.05) is 0 Å². The van der Waals surface area contributed by atoms with Crippen LogP contribution in [0.3, 0.4) is 0 Å². The molecule has 0 rings (SSSR count). The first-order valence-corrected chi connectivity index (χ1v) is 7.18. The maximum absolute atomic E-state index is 11.9. The lowest BCUT2D eigenvalue weighted by atomic mass is 10.1. The molecule has 0 aromatic heterocycles. The Bertz CT molecular complexity index is 389. The maximum atomic E-state index is 11.9. The van der Waals surface area contributed by atoms with Gasteiger partial charge in [-0.15, -0.1) is 0 Å². The quantitative estimate of drug-likeness (QED) is 0.251. The lowest BCUT2D eigenvalue weighted by Crippen LogP contribution is -2.55. The van der Waals surface area contributed by atoms with Crippen LogP contribution in [0.2, 0.25) is 0 Å². The Morgan fingerprint density at radius 3 is 2.14 bits per heavy atom. The normalized spacial score (nSPS) is 16.2. The molecule has 0 saturated carbocycles. The lowest BCUT2D eigenvalue weighted by Gasteiger charge is -2.21. The Balaban J connectivity index is 4.47. The first-order chi connectivity index (χ1) is 10.2. The summed E-state index contributed by atoms with van der Waals surface area (Å²) < 4.78 is 0. The molecule has 8 N–H and O–H groups in total. The van der Waals surface area contributed by atoms with E-state index in [9.17, 15) is 19.5 Å². The Morgan fingerprint density at radius 2 is 1.68 bits per heavy atom. The van der Waals surface area contributed by atoms with E-state index in [1.165, 1.54) is 13.8 Å². The number of carbonyl (C=O) groups is 3. The molecule has 0 radical (unpaired) electrons. The molecule has 128 valence electrons. The molecule has 4 atom stereocenters. The molecule has 0 aliphatic carbocycles. The van der Waals surface area contributed by atoms with Crippen molar-refractivity contribution in [2.45, 2.75) is 57.3 Å². The number of carbonyl (C=O) groups excluding carboxylic acids is 2. The van der Waals surface area contributed by atoms with Gasteiger partial charge in [-0.1, -0.05) is 0 Å². The summed E-state index contributed by atoms with van der Waals surface area (Å²) >= 11 is 0. The number of nitrogens with one attached hydrogen (secondary N) is 2. The van der Waals surface area contributed by atoms with Crippen LogP contribution in [0, 0.1) is 0 Å². The van der Waals surface area contributed by atoms with Gasteiger partial charge in [-0.3, -0.25) is 9.59 Å². The van der Waals surface area contributed by atoms with Crippen molar-refractivity contribution in [3.8, 4) is 0 Å². The van der Waals surface area contributed by atoms with Gasteiger partial charge in [0.2, 0.25) is 11.8 Å². The molecular weight excluding hydrogens is 292 g/mol. The molecule has 0 spiro atoms. The number of carboxylic acid groups (broad SMARTS) is 1. The summed E-state index contributed by atoms with van der Waals surface area (Å²) in [6.45, 7) is 3.21. The van der Waals surface area contributed by atoms with Gasteiger partial charge in [0.05, 0.1) is 6.10 Å². The summed E-state index contributed by atoms with van der Waals surface area (Å²) in [6.07, 6.45) is 0.432. The summed E-state index contributed by atoms with van der Waals surface area (Å²) in [5.74, 6) is -2.47. The Labute approximate surface area is 129 Å². The summed E-state index contributed by atoms with van der Waals surface area (Å²) in [6, 6.07) is -3.16. The van der Waals surface area contributed by atoms with Crippen LogP contribution in [0.1, 0.15) is 33.1 Å². The number of hydrogen-bond donors (Lipinski definition) is 6. The van der Waals surface area contributed by atoms with Crippen LogP contribution < -0.4 is 22.1 Å². The van der Waals surface area contributed by atoms with Gasteiger partial charge in [-0.05, 0) is 39.7 Å². The molecule has 2 amide bonds. The second-order valence-electron chi connectivity index (χ2n) is 5.18. The maximum Gasteiger partial charge on any atom is 0.326 e. The van der Waals surface area contributed by atoms with E-state index < -0.39 is 42.0 Å². The molecule has 22 heavy (non-hydrogen) atoms. The van der Waals surface area contributed by atoms with Crippen molar-refractivity contribution >= 4 is 17.8 Å². The van der Waals surface area contributed by atoms with Crippen LogP contribution in [-0.4, -0.2) is 58.8 Å². The highest BCUT2D eigenvalue weighted by atomic mass is 16.4. The third kappa shape index (κ3) is 7.34. The Morgan fingerprint density at radius 1 is 1.09 bits per heavy atom. The van der Waals surface area contributed by atoms with E-state index in [1.54, 1.807) is 0 Å². The third-order valence-corrected chi connectivity index (χ3v) is 3.14. The first kappa shape index (κ1) is 20.3. The van der Waals surface area contributed by atoms with Crippen molar-refractivity contribution in [1.82, 2.24) is 10.6 Å². The molecule has 0 fully saturated rings. The molecule has 9 nitrogen and oxygen atoms in total. The van der Waals surface area contributed by atoms with E-state index in [4.69, 9.17) is 16.6 Å². The minimum atomic E-state index is -1.16. The van der Waals surface area contributed by atoms with Crippen LogP contribution in [0.4, 0.5) is 0 Å². The fourth-order valence-corrected chi connectivity index (χ4v) is 1.64. The number of unbranched alkanes of at least 4 members (excludes halogenated alkanes) is 1. The van der Waals surface area contributed by atoms with Crippen molar-refractivity contribution in [3.05, 3.63) is 0 Å². The van der Waals surface area contributed by atoms with Gasteiger partial charge in [-0.2, -0.15) is 0 Å². The minimum Gasteiger partial charge on any atom is -0.480 e. The largest absolute Gasteiger partial charge is 0.480 e. The molecule has 0 unspecified atom stereocenters. The predicted molar refractivity (Wildman–Crippen MR) is 79.7 cm³/mol. The van der Waals surface area contributed by atoms with Gasteiger partial charge < -0.3 is 32.3 Å². The van der Waals surface area contributed by atoms with Crippen molar-refractivity contribution in [3.63, 3.8) is 0 Å². The first-order valence-electron chi connectivity index (χ1n) is 7.18. The number of carboxylic acids is 1. The molecule has 0 aliphatic rings. The SMILES string of the molecule is C[C@H](NC(=O)[C@@H](N)[C@@H](C)O)C(=O)N[C@@H](CCCCN)C(=O)O. The third-order valence-electron chi connectivity index (χ3n) is 3.14. The van der Waals surface area contributed by atoms with Crippen molar-refractivity contribution in [2.75, 3.05) is 6.54 Å². The molecule has 0 bridgehead atoms. The second-order valence-corrected chi connectivity index (χ2v) is 5.18. The van der Waals surface area contributed by atoms with Crippen molar-refractivity contribution in [1.29, 1.82) is 0 Å². The number of nitrogens with two attached hydrogens (primary N) is 2. The van der Waals surface area contributed by atoms with Gasteiger partial charge in [0.15, 0.2) is 0 Å². The highest BCUT2D eigenvalue weighted by Crippen LogP contribution is 2.01. The summed E-state index contributed by atoms with van der Waals surface area (Å²) in [4.78, 5) is 34.6. The van der Waals surface area contributed by atoms with E-state index in [-0.39, 0.29) is 6.42 Å². The zero-order chi connectivity index (χ0) is 17.3. The molecular formula is C13H26N4O5. The van der Waals surface area contributed by atoms with Gasteiger partial charge >= 0.3 is 5.97 Å². The highest BCUT2D eigenvalue weighted by Gasteiger charge is 2.26. The zero-order valence-corrected chi connectivity index (χ0v) is 12.9. The number of aliphatic carboxylic acids is 1. The van der Waals surface area contributed by atoms with Crippen molar-refractivity contribution in [2.24, 2.45) is 11.5 Å². The number of rotatable bonds is 10. The smallest absolute Gasteiger partial charge is 0.326 e. The molecule has 0 heterocycles. The van der Waals surface area contributed by atoms with Crippen LogP contribution in [0.25, 0.3) is 0 Å². The monoisotopic (exact) mass is 318 g/mol. The summed E-state index contributed by atoms with van der Waals surface area (Å²) in [5, 5.41) is 22.9. The van der Waals surface area contributed by atoms with Crippen LogP contribution in [0.15, 0.2) is 0 Å². The van der Waals surface area contributed by atoms with Gasteiger partial charge in [0.25, 0.3) is 0 Å². The average Bonchev–Trinajstić information content (AvgIpc) is 2.44. The number of hydrogen-bond acceptors (Lipinski definition) is 6. The van der Waals surface area contributed by atoms with Crippen LogP contribution >= 0.6 is 0 Å². The zero-order valence-electron chi connectivity index (χ0n) is 12.9. The predicted octanol–water partition coefficient (Wildman–Crippen LogP) is -2.10. The summed E-state index contributed by atoms with van der Waals surface area (Å²) in [5.41, 5.74) is 10.8. The Hall–Kier alpha value is -1.71. The average molecular weight is 318 g/mol. The van der Waals surface area contributed by atoms with Crippen molar-refractivity contribution < 1.29 is 24.6 Å². The molecule has 0 saturated heterocycles. The standard InChI is InChI=1S/C13H26N4O5/c1-7(16-12(20)10(15)8(2)18)11(19)17-9(13(21)22)5-3-4-6-14/h7-10,18H,3-6,14-15H2,1-2H3,(H,16,20)(H,17,19)(H,21,22)/t7-,8+,9-,10-/m0/s1. The second kappa shape index (κ2) is 10.1. The molecule has 0 aliphatic heterocycles. The van der Waals surface area contributed by atoms with E-state index in [0.29, 0.717) is 19.4 Å². The molecule has 0 aromatic rings. The minimum absolute atomic E-state index is 0.256. The molecule has 0 aromatic carbocycles. The lowest BCUT2D eigenvalue weighted by molar-refractivity contribution is -0.142. The highest BCUT2D eigenvalue weighted by molar-refractivity contribution is 5.91. The number of aliphatic hydroxyl groups is 1. The van der Waals surface area contributed by atoms with E-state index >= 15 is 0 Å². The van der Waals surface area contributed by atoms with Gasteiger partial charge in [-0.25, -0.2) is 4.79 Å². The van der Waals surface area contributed by atoms with Crippen LogP contribution in [-0.2, 0) is 14.4 Å². The number of aliphatic hydroxyl groups excluding tert-OH is 1. The molecule has 9 heteroatoms. The number of amides is 2. The van der Waals surface area contributed by atoms with E-state index in [0.717, 1.165) is 0 Å². The van der Waals surface area contributed by atoms with Crippen LogP contribution in [0.5, 0.6) is 0 Å². The van der Waals surface area contributed by atoms with E-state index in [2.05, 4.69) is 10.6 Å².